The van der Waals surface area contributed by atoms with Gasteiger partial charge >= 0.3 is 6.18 Å². The van der Waals surface area contributed by atoms with Crippen LogP contribution in [0.4, 0.5) is 13.2 Å². The molecule has 0 fully saturated rings. The molecule has 1 N–H and O–H groups in total. The van der Waals surface area contributed by atoms with Crippen molar-refractivity contribution in [2.45, 2.75) is 45.0 Å². The quantitative estimate of drug-likeness (QED) is 0.753. The van der Waals surface area contributed by atoms with Crippen LogP contribution >= 0.6 is 0 Å². The third-order valence-corrected chi connectivity index (χ3v) is 2.46. The van der Waals surface area contributed by atoms with Gasteiger partial charge in [0.05, 0.1) is 6.61 Å². The van der Waals surface area contributed by atoms with Gasteiger partial charge in [0.2, 0.25) is 0 Å². The lowest BCUT2D eigenvalue weighted by Crippen LogP contribution is -2.26. The Bertz CT molecular complexity index is 327. The lowest BCUT2D eigenvalue weighted by Gasteiger charge is -2.14. The van der Waals surface area contributed by atoms with Gasteiger partial charge in [-0.1, -0.05) is 30.3 Å². The van der Waals surface area contributed by atoms with E-state index in [1.807, 2.05) is 30.3 Å². The predicted octanol–water partition coefficient (Wildman–Crippen LogP) is 3.83. The minimum absolute atomic E-state index is 0.0870. The van der Waals surface area contributed by atoms with Crippen molar-refractivity contribution < 1.29 is 18.0 Å². The monoisotopic (exact) mass is 261 g/mol. The van der Waals surface area contributed by atoms with Gasteiger partial charge in [-0.15, -0.1) is 0 Å². The molecule has 0 aromatic heterocycles. The minimum Gasteiger partial charge on any atom is -0.297 e. The fraction of sp³-hybridized carbons (Fsp3) is 0.538. The molecule has 1 unspecified atom stereocenters. The van der Waals surface area contributed by atoms with Crippen LogP contribution < -0.4 is 5.48 Å². The summed E-state index contributed by atoms with van der Waals surface area (Å²) in [5.74, 6) is 0. The zero-order chi connectivity index (χ0) is 13.4. The van der Waals surface area contributed by atoms with Crippen LogP contribution in [0.15, 0.2) is 30.3 Å². The number of halogens is 3. The van der Waals surface area contributed by atoms with Crippen LogP contribution in [0.3, 0.4) is 0 Å². The van der Waals surface area contributed by atoms with Crippen LogP contribution in [0.2, 0.25) is 0 Å². The fourth-order valence-electron chi connectivity index (χ4n) is 1.51. The molecule has 0 radical (unpaired) electrons. The van der Waals surface area contributed by atoms with Crippen LogP contribution in [0.1, 0.15) is 31.7 Å². The van der Waals surface area contributed by atoms with Crippen LogP contribution in [0, 0.1) is 0 Å². The lowest BCUT2D eigenvalue weighted by molar-refractivity contribution is -0.136. The Labute approximate surface area is 105 Å². The molecular formula is C13H18F3NO. The first-order chi connectivity index (χ1) is 8.47. The Morgan fingerprint density at radius 1 is 1.22 bits per heavy atom. The molecule has 5 heteroatoms. The molecule has 18 heavy (non-hydrogen) atoms. The van der Waals surface area contributed by atoms with Gasteiger partial charge in [0.25, 0.3) is 0 Å². The SMILES string of the molecule is CC(CCCC(F)(F)F)NOCc1ccccc1. The third kappa shape index (κ3) is 7.29. The topological polar surface area (TPSA) is 21.3 Å². The highest BCUT2D eigenvalue weighted by Crippen LogP contribution is 2.22. The van der Waals surface area contributed by atoms with Gasteiger partial charge < -0.3 is 0 Å². The summed E-state index contributed by atoms with van der Waals surface area (Å²) in [6, 6.07) is 9.50. The molecule has 1 aromatic carbocycles. The summed E-state index contributed by atoms with van der Waals surface area (Å²) in [7, 11) is 0. The van der Waals surface area contributed by atoms with Gasteiger partial charge in [0.15, 0.2) is 0 Å². The van der Waals surface area contributed by atoms with Crippen molar-refractivity contribution in [2.75, 3.05) is 0 Å². The van der Waals surface area contributed by atoms with Crippen LogP contribution in [-0.2, 0) is 11.4 Å². The largest absolute Gasteiger partial charge is 0.389 e. The maximum atomic E-state index is 11.9. The van der Waals surface area contributed by atoms with E-state index in [2.05, 4.69) is 5.48 Å². The molecule has 1 aromatic rings. The molecule has 0 amide bonds. The highest BCUT2D eigenvalue weighted by Gasteiger charge is 2.26. The molecule has 0 aliphatic carbocycles. The number of rotatable bonds is 7. The number of benzene rings is 1. The second-order valence-electron chi connectivity index (χ2n) is 4.30. The van der Waals surface area contributed by atoms with E-state index in [-0.39, 0.29) is 12.5 Å². The standard InChI is InChI=1S/C13H18F3NO/c1-11(6-5-9-13(14,15)16)17-18-10-12-7-3-2-4-8-12/h2-4,7-8,11,17H,5-6,9-10H2,1H3. The summed E-state index contributed by atoms with van der Waals surface area (Å²) in [5.41, 5.74) is 3.77. The molecule has 1 atom stereocenters. The second-order valence-corrected chi connectivity index (χ2v) is 4.30. The van der Waals surface area contributed by atoms with Crippen molar-refractivity contribution in [2.24, 2.45) is 0 Å². The molecule has 0 aliphatic heterocycles. The molecule has 102 valence electrons. The van der Waals surface area contributed by atoms with Gasteiger partial charge in [-0.05, 0) is 25.3 Å². The molecule has 0 bridgehead atoms. The fourth-order valence-corrected chi connectivity index (χ4v) is 1.51. The Morgan fingerprint density at radius 3 is 2.50 bits per heavy atom. The van der Waals surface area contributed by atoms with Crippen molar-refractivity contribution in [3.63, 3.8) is 0 Å². The van der Waals surface area contributed by atoms with E-state index < -0.39 is 12.6 Å². The average molecular weight is 261 g/mol. The van der Waals surface area contributed by atoms with Crippen LogP contribution in [-0.4, -0.2) is 12.2 Å². The molecule has 0 saturated carbocycles. The van der Waals surface area contributed by atoms with E-state index in [0.717, 1.165) is 5.56 Å². The number of hydrogen-bond acceptors (Lipinski definition) is 2. The van der Waals surface area contributed by atoms with Gasteiger partial charge in [0.1, 0.15) is 0 Å². The van der Waals surface area contributed by atoms with Crippen molar-refractivity contribution in [1.29, 1.82) is 0 Å². The van der Waals surface area contributed by atoms with Gasteiger partial charge in [0, 0.05) is 12.5 Å². The highest BCUT2D eigenvalue weighted by atomic mass is 19.4. The van der Waals surface area contributed by atoms with Gasteiger partial charge in [-0.2, -0.15) is 18.7 Å². The first-order valence-corrected chi connectivity index (χ1v) is 5.95. The summed E-state index contributed by atoms with van der Waals surface area (Å²) in [4.78, 5) is 5.23. The third-order valence-electron chi connectivity index (χ3n) is 2.46. The summed E-state index contributed by atoms with van der Waals surface area (Å²) in [6.07, 6.45) is -4.25. The summed E-state index contributed by atoms with van der Waals surface area (Å²) >= 11 is 0. The molecular weight excluding hydrogens is 243 g/mol. The summed E-state index contributed by atoms with van der Waals surface area (Å²) < 4.78 is 35.8. The van der Waals surface area contributed by atoms with Crippen LogP contribution in [0.5, 0.6) is 0 Å². The maximum Gasteiger partial charge on any atom is 0.389 e. The zero-order valence-electron chi connectivity index (χ0n) is 10.3. The second kappa shape index (κ2) is 7.38. The van der Waals surface area contributed by atoms with E-state index in [0.29, 0.717) is 13.0 Å². The summed E-state index contributed by atoms with van der Waals surface area (Å²) in [5, 5.41) is 0. The Morgan fingerprint density at radius 2 is 1.89 bits per heavy atom. The molecule has 2 nitrogen and oxygen atoms in total. The van der Waals surface area contributed by atoms with E-state index >= 15 is 0 Å². The lowest BCUT2D eigenvalue weighted by atomic mass is 10.1. The number of hydroxylamine groups is 1. The predicted molar refractivity (Wildman–Crippen MR) is 63.7 cm³/mol. The molecule has 0 aliphatic rings. The Balaban J connectivity index is 2.09. The normalized spacial score (nSPS) is 13.6. The number of alkyl halides is 3. The van der Waals surface area contributed by atoms with Crippen LogP contribution in [0.25, 0.3) is 0 Å². The molecule has 1 rings (SSSR count). The maximum absolute atomic E-state index is 11.9. The van der Waals surface area contributed by atoms with E-state index in [1.165, 1.54) is 0 Å². The first-order valence-electron chi connectivity index (χ1n) is 5.95. The van der Waals surface area contributed by atoms with E-state index in [9.17, 15) is 13.2 Å². The van der Waals surface area contributed by atoms with Crippen molar-refractivity contribution in [3.05, 3.63) is 35.9 Å². The number of nitrogens with one attached hydrogen (secondary N) is 1. The van der Waals surface area contributed by atoms with E-state index in [4.69, 9.17) is 4.84 Å². The average Bonchev–Trinajstić information content (AvgIpc) is 2.28. The zero-order valence-corrected chi connectivity index (χ0v) is 10.3. The minimum atomic E-state index is -4.06. The number of hydrogen-bond donors (Lipinski definition) is 1. The molecule has 0 spiro atoms. The van der Waals surface area contributed by atoms with Gasteiger partial charge in [-0.25, -0.2) is 0 Å². The first kappa shape index (κ1) is 15.0. The van der Waals surface area contributed by atoms with Crippen molar-refractivity contribution in [1.82, 2.24) is 5.48 Å². The molecule has 0 saturated heterocycles. The van der Waals surface area contributed by atoms with Crippen molar-refractivity contribution >= 4 is 0 Å². The Hall–Kier alpha value is -1.07. The highest BCUT2D eigenvalue weighted by molar-refractivity contribution is 5.13. The smallest absolute Gasteiger partial charge is 0.297 e. The van der Waals surface area contributed by atoms with E-state index in [1.54, 1.807) is 6.92 Å². The summed E-state index contributed by atoms with van der Waals surface area (Å²) in [6.45, 7) is 2.21. The van der Waals surface area contributed by atoms with Crippen molar-refractivity contribution in [3.8, 4) is 0 Å². The molecule has 0 heterocycles. The Kier molecular flexibility index (Phi) is 6.15. The van der Waals surface area contributed by atoms with Gasteiger partial charge in [-0.3, -0.25) is 4.84 Å².